The molecule has 22 heavy (non-hydrogen) atoms. The van der Waals surface area contributed by atoms with Crippen molar-refractivity contribution < 1.29 is 53.8 Å². The summed E-state index contributed by atoms with van der Waals surface area (Å²) in [5.41, 5.74) is 0. The average Bonchev–Trinajstić information content (AvgIpc) is 2.34. The topological polar surface area (TPSA) is 43.4 Å². The van der Waals surface area contributed by atoms with Crippen molar-refractivity contribution in [3.8, 4) is 0 Å². The number of carbonyl (C=O) groups is 2. The average molecular weight is 348 g/mol. The van der Waals surface area contributed by atoms with Crippen molar-refractivity contribution in [3.05, 3.63) is 0 Å². The molecule has 0 amide bonds. The number of esters is 2. The summed E-state index contributed by atoms with van der Waals surface area (Å²) in [6.07, 6.45) is -7.43. The Balaban J connectivity index is 5.36. The quantitative estimate of drug-likeness (QED) is 0.418. The zero-order valence-corrected chi connectivity index (χ0v) is 10.7. The Labute approximate surface area is 117 Å². The van der Waals surface area contributed by atoms with Crippen LogP contribution in [0.4, 0.5) is 39.5 Å². The first-order chi connectivity index (χ1) is 9.63. The summed E-state index contributed by atoms with van der Waals surface area (Å²) in [6, 6.07) is 0. The summed E-state index contributed by atoms with van der Waals surface area (Å²) in [6.45, 7) is 1.52. The van der Waals surface area contributed by atoms with E-state index < -0.39 is 42.3 Å². The van der Waals surface area contributed by atoms with Gasteiger partial charge in [-0.1, -0.05) is 13.3 Å². The van der Waals surface area contributed by atoms with Crippen molar-refractivity contribution in [1.29, 1.82) is 0 Å². The van der Waals surface area contributed by atoms with Gasteiger partial charge >= 0.3 is 35.9 Å². The summed E-state index contributed by atoms with van der Waals surface area (Å²) >= 11 is 0. The zero-order valence-electron chi connectivity index (χ0n) is 10.7. The van der Waals surface area contributed by atoms with Gasteiger partial charge in [-0.3, -0.25) is 4.79 Å². The molecule has 0 N–H and O–H groups in total. The van der Waals surface area contributed by atoms with E-state index in [2.05, 4.69) is 4.74 Å². The third-order valence-electron chi connectivity index (χ3n) is 2.34. The second kappa shape index (κ2) is 6.32. The Kier molecular flexibility index (Phi) is 5.90. The van der Waals surface area contributed by atoms with Gasteiger partial charge in [-0.25, -0.2) is 4.79 Å². The van der Waals surface area contributed by atoms with E-state index in [1.807, 2.05) is 0 Å². The lowest BCUT2D eigenvalue weighted by Gasteiger charge is -2.31. The van der Waals surface area contributed by atoms with E-state index in [9.17, 15) is 49.1 Å². The Morgan fingerprint density at radius 3 is 1.68 bits per heavy atom. The van der Waals surface area contributed by atoms with Gasteiger partial charge in [-0.05, 0) is 6.42 Å². The van der Waals surface area contributed by atoms with E-state index >= 15 is 0 Å². The van der Waals surface area contributed by atoms with Gasteiger partial charge < -0.3 is 4.74 Å². The lowest BCUT2D eigenvalue weighted by Crippen LogP contribution is -2.63. The van der Waals surface area contributed by atoms with Crippen LogP contribution in [-0.4, -0.2) is 35.9 Å². The fourth-order valence-electron chi connectivity index (χ4n) is 1.04. The van der Waals surface area contributed by atoms with Crippen molar-refractivity contribution in [2.75, 3.05) is 0 Å². The standard InChI is InChI=1S/C10H9F9O3/c1-2-3-4-5(20)22-6(21)7(11,12)8(13,14)9(15,16)10(17,18)19/h2-4H2,1H3. The van der Waals surface area contributed by atoms with Crippen LogP contribution in [0, 0.1) is 0 Å². The first-order valence-corrected chi connectivity index (χ1v) is 5.58. The lowest BCUT2D eigenvalue weighted by atomic mass is 10.0. The van der Waals surface area contributed by atoms with Gasteiger partial charge in [0.2, 0.25) is 0 Å². The van der Waals surface area contributed by atoms with Gasteiger partial charge in [0.15, 0.2) is 0 Å². The molecule has 0 unspecified atom stereocenters. The fraction of sp³-hybridized carbons (Fsp3) is 0.800. The van der Waals surface area contributed by atoms with Crippen LogP contribution in [0.2, 0.25) is 0 Å². The van der Waals surface area contributed by atoms with Crippen molar-refractivity contribution in [3.63, 3.8) is 0 Å². The number of hydrogen-bond donors (Lipinski definition) is 0. The summed E-state index contributed by atoms with van der Waals surface area (Å²) in [4.78, 5) is 21.5. The second-order valence-electron chi connectivity index (χ2n) is 4.09. The van der Waals surface area contributed by atoms with Gasteiger partial charge in [0.25, 0.3) is 0 Å². The molecule has 0 aromatic heterocycles. The predicted octanol–water partition coefficient (Wildman–Crippen LogP) is 3.71. The highest BCUT2D eigenvalue weighted by Gasteiger charge is 2.84. The maximum atomic E-state index is 12.9. The Hall–Kier alpha value is -1.49. The molecule has 0 aliphatic carbocycles. The van der Waals surface area contributed by atoms with Crippen molar-refractivity contribution >= 4 is 11.9 Å². The Morgan fingerprint density at radius 2 is 1.32 bits per heavy atom. The highest BCUT2D eigenvalue weighted by Crippen LogP contribution is 2.53. The molecule has 0 saturated carbocycles. The van der Waals surface area contributed by atoms with E-state index in [0.29, 0.717) is 6.42 Å². The maximum absolute atomic E-state index is 12.9. The van der Waals surface area contributed by atoms with Gasteiger partial charge in [0, 0.05) is 6.42 Å². The highest BCUT2D eigenvalue weighted by molar-refractivity contribution is 5.90. The fourth-order valence-corrected chi connectivity index (χ4v) is 1.04. The summed E-state index contributed by atoms with van der Waals surface area (Å²) < 4.78 is 115. The SMILES string of the molecule is CCCCC(=O)OC(=O)C(F)(F)C(F)(F)C(F)(F)C(F)(F)F. The maximum Gasteiger partial charge on any atom is 0.460 e. The smallest absolute Gasteiger partial charge is 0.388 e. The van der Waals surface area contributed by atoms with Crippen LogP contribution in [0.5, 0.6) is 0 Å². The minimum absolute atomic E-state index is 0.00715. The number of rotatable bonds is 6. The monoisotopic (exact) mass is 348 g/mol. The number of ether oxygens (including phenoxy) is 1. The van der Waals surface area contributed by atoms with E-state index in [-0.39, 0.29) is 6.42 Å². The molecule has 0 bridgehead atoms. The van der Waals surface area contributed by atoms with E-state index in [4.69, 9.17) is 0 Å². The van der Waals surface area contributed by atoms with Crippen molar-refractivity contribution in [2.45, 2.75) is 50.1 Å². The van der Waals surface area contributed by atoms with Gasteiger partial charge in [0.05, 0.1) is 0 Å². The molecule has 0 saturated heterocycles. The van der Waals surface area contributed by atoms with Crippen molar-refractivity contribution in [1.82, 2.24) is 0 Å². The van der Waals surface area contributed by atoms with Gasteiger partial charge in [-0.15, -0.1) is 0 Å². The molecule has 0 aromatic rings. The van der Waals surface area contributed by atoms with E-state index in [1.165, 1.54) is 6.92 Å². The largest absolute Gasteiger partial charge is 0.460 e. The normalized spacial score (nSPS) is 13.9. The molecule has 0 rings (SSSR count). The molecular formula is C10H9F9O3. The van der Waals surface area contributed by atoms with Crippen LogP contribution in [0.25, 0.3) is 0 Å². The molecule has 0 heterocycles. The summed E-state index contributed by atoms with van der Waals surface area (Å²) in [7, 11) is 0. The zero-order chi connectivity index (χ0) is 18.0. The van der Waals surface area contributed by atoms with E-state index in [1.54, 1.807) is 0 Å². The van der Waals surface area contributed by atoms with Crippen molar-refractivity contribution in [2.24, 2.45) is 0 Å². The van der Waals surface area contributed by atoms with Crippen LogP contribution in [0.1, 0.15) is 26.2 Å². The molecule has 3 nitrogen and oxygen atoms in total. The molecule has 130 valence electrons. The number of hydrogen-bond acceptors (Lipinski definition) is 3. The number of carbonyl (C=O) groups excluding carboxylic acids is 2. The first-order valence-electron chi connectivity index (χ1n) is 5.58. The van der Waals surface area contributed by atoms with Crippen LogP contribution in [-0.2, 0) is 14.3 Å². The molecule has 0 aromatic carbocycles. The molecule has 0 aliphatic rings. The van der Waals surface area contributed by atoms with Crippen LogP contribution < -0.4 is 0 Å². The lowest BCUT2D eigenvalue weighted by molar-refractivity contribution is -0.390. The third-order valence-corrected chi connectivity index (χ3v) is 2.34. The highest BCUT2D eigenvalue weighted by atomic mass is 19.4. The summed E-state index contributed by atoms with van der Waals surface area (Å²) in [5.74, 6) is -26.1. The molecule has 0 aliphatic heterocycles. The minimum atomic E-state index is -7.21. The first kappa shape index (κ1) is 20.5. The molecule has 0 atom stereocenters. The molecule has 0 radical (unpaired) electrons. The number of halogens is 9. The summed E-state index contributed by atoms with van der Waals surface area (Å²) in [5, 5.41) is 0. The molecule has 0 fully saturated rings. The number of unbranched alkanes of at least 4 members (excludes halogenated alkanes) is 1. The minimum Gasteiger partial charge on any atom is -0.388 e. The predicted molar refractivity (Wildman–Crippen MR) is 51.5 cm³/mol. The Bertz CT molecular complexity index is 428. The third kappa shape index (κ3) is 3.64. The Morgan fingerprint density at radius 1 is 0.864 bits per heavy atom. The second-order valence-corrected chi connectivity index (χ2v) is 4.09. The van der Waals surface area contributed by atoms with Gasteiger partial charge in [0.1, 0.15) is 0 Å². The van der Waals surface area contributed by atoms with E-state index in [0.717, 1.165) is 0 Å². The van der Waals surface area contributed by atoms with Gasteiger partial charge in [-0.2, -0.15) is 39.5 Å². The molecule has 0 spiro atoms. The molecular weight excluding hydrogens is 339 g/mol. The van der Waals surface area contributed by atoms with Crippen LogP contribution >= 0.6 is 0 Å². The van der Waals surface area contributed by atoms with Crippen LogP contribution in [0.3, 0.4) is 0 Å². The molecule has 12 heteroatoms. The van der Waals surface area contributed by atoms with Crippen LogP contribution in [0.15, 0.2) is 0 Å². The number of alkyl halides is 9.